The van der Waals surface area contributed by atoms with Crippen LogP contribution in [0.2, 0.25) is 0 Å². The number of aliphatic hydroxyl groups is 2. The third kappa shape index (κ3) is 2.79. The van der Waals surface area contributed by atoms with Crippen LogP contribution in [0.5, 0.6) is 0 Å². The molecule has 0 bridgehead atoms. The lowest BCUT2D eigenvalue weighted by Crippen LogP contribution is -2.62. The molecule has 4 aliphatic rings. The molecular formula is C24H32O6. The summed E-state index contributed by atoms with van der Waals surface area (Å²) in [6.07, 6.45) is 6.71. The van der Waals surface area contributed by atoms with Gasteiger partial charge in [0.2, 0.25) is 5.78 Å². The van der Waals surface area contributed by atoms with Gasteiger partial charge < -0.3 is 14.9 Å². The molecule has 3 saturated carbocycles. The van der Waals surface area contributed by atoms with Gasteiger partial charge in [-0.15, -0.1) is 0 Å². The van der Waals surface area contributed by atoms with Crippen LogP contribution in [0, 0.1) is 34.5 Å². The molecule has 0 aromatic heterocycles. The number of rotatable bonds is 3. The lowest BCUT2D eigenvalue weighted by molar-refractivity contribution is -0.182. The minimum absolute atomic E-state index is 0.00535. The van der Waals surface area contributed by atoms with E-state index >= 15 is 0 Å². The molecule has 0 heterocycles. The fourth-order valence-corrected chi connectivity index (χ4v) is 7.50. The van der Waals surface area contributed by atoms with Crippen LogP contribution in [0.4, 0.5) is 0 Å². The summed E-state index contributed by atoms with van der Waals surface area (Å²) in [4.78, 5) is 36.1. The highest BCUT2D eigenvalue weighted by atomic mass is 16.5. The molecule has 4 rings (SSSR count). The number of carbonyl (C=O) groups is 3. The fraction of sp³-hybridized carbons (Fsp3) is 0.708. The van der Waals surface area contributed by atoms with Crippen molar-refractivity contribution in [2.45, 2.75) is 65.1 Å². The Morgan fingerprint density at radius 3 is 2.67 bits per heavy atom. The second-order valence-corrected chi connectivity index (χ2v) is 10.3. The summed E-state index contributed by atoms with van der Waals surface area (Å²) in [6, 6.07) is 0. The highest BCUT2D eigenvalue weighted by Crippen LogP contribution is 2.67. The predicted octanol–water partition coefficient (Wildman–Crippen LogP) is 2.37. The van der Waals surface area contributed by atoms with Gasteiger partial charge in [0.25, 0.3) is 0 Å². The maximum absolute atomic E-state index is 12.9. The number of ether oxygens (including phenoxy) is 1. The molecule has 164 valence electrons. The van der Waals surface area contributed by atoms with Crippen molar-refractivity contribution in [3.63, 3.8) is 0 Å². The van der Waals surface area contributed by atoms with Crippen molar-refractivity contribution in [2.75, 3.05) is 6.61 Å². The first-order valence-electron chi connectivity index (χ1n) is 11.0. The topological polar surface area (TPSA) is 101 Å². The van der Waals surface area contributed by atoms with Crippen LogP contribution in [0.25, 0.3) is 0 Å². The van der Waals surface area contributed by atoms with E-state index in [1.54, 1.807) is 12.2 Å². The van der Waals surface area contributed by atoms with E-state index in [-0.39, 0.29) is 29.5 Å². The van der Waals surface area contributed by atoms with E-state index in [4.69, 9.17) is 4.74 Å². The van der Waals surface area contributed by atoms with Gasteiger partial charge >= 0.3 is 5.97 Å². The van der Waals surface area contributed by atoms with Crippen molar-refractivity contribution in [3.8, 4) is 0 Å². The average Bonchev–Trinajstić information content (AvgIpc) is 2.93. The Hall–Kier alpha value is -1.79. The van der Waals surface area contributed by atoms with E-state index in [0.29, 0.717) is 19.3 Å². The Labute approximate surface area is 177 Å². The summed E-state index contributed by atoms with van der Waals surface area (Å²) in [7, 11) is 0. The number of fused-ring (bicyclic) bond motifs is 5. The van der Waals surface area contributed by atoms with E-state index in [2.05, 4.69) is 13.8 Å². The van der Waals surface area contributed by atoms with Crippen molar-refractivity contribution < 1.29 is 29.3 Å². The molecule has 2 unspecified atom stereocenters. The third-order valence-corrected chi connectivity index (χ3v) is 8.84. The minimum atomic E-state index is -1.61. The van der Waals surface area contributed by atoms with Gasteiger partial charge in [-0.25, -0.2) is 0 Å². The van der Waals surface area contributed by atoms with Crippen molar-refractivity contribution in [2.24, 2.45) is 34.5 Å². The number of allylic oxidation sites excluding steroid dienone is 4. The van der Waals surface area contributed by atoms with Crippen molar-refractivity contribution >= 4 is 17.5 Å². The number of ketones is 2. The zero-order valence-corrected chi connectivity index (χ0v) is 18.2. The molecule has 0 aliphatic heterocycles. The van der Waals surface area contributed by atoms with Gasteiger partial charge in [0.05, 0.1) is 6.10 Å². The van der Waals surface area contributed by atoms with Gasteiger partial charge in [0, 0.05) is 23.7 Å². The largest absolute Gasteiger partial charge is 0.458 e. The van der Waals surface area contributed by atoms with Gasteiger partial charge in [0.15, 0.2) is 12.4 Å². The maximum Gasteiger partial charge on any atom is 0.303 e. The first-order valence-corrected chi connectivity index (χ1v) is 11.0. The molecule has 0 radical (unpaired) electrons. The first-order chi connectivity index (χ1) is 13.9. The van der Waals surface area contributed by atoms with Crippen LogP contribution in [0.3, 0.4) is 0 Å². The Morgan fingerprint density at radius 2 is 2.00 bits per heavy atom. The normalized spacial score (nSPS) is 47.1. The summed E-state index contributed by atoms with van der Waals surface area (Å²) in [5.41, 5.74) is -1.72. The Morgan fingerprint density at radius 1 is 1.30 bits per heavy atom. The van der Waals surface area contributed by atoms with Crippen LogP contribution < -0.4 is 0 Å². The second kappa shape index (κ2) is 6.86. The molecule has 0 amide bonds. The summed E-state index contributed by atoms with van der Waals surface area (Å²) in [6.45, 7) is 6.94. The lowest BCUT2D eigenvalue weighted by Gasteiger charge is -2.60. The van der Waals surface area contributed by atoms with Gasteiger partial charge in [-0.3, -0.25) is 14.4 Å². The maximum atomic E-state index is 12.9. The van der Waals surface area contributed by atoms with Crippen molar-refractivity contribution in [3.05, 3.63) is 23.8 Å². The van der Waals surface area contributed by atoms with Crippen molar-refractivity contribution in [1.29, 1.82) is 0 Å². The number of Topliss-reactive ketones (excluding diaryl/α,β-unsaturated/α-hetero) is 1. The molecule has 8 atom stereocenters. The van der Waals surface area contributed by atoms with E-state index in [0.717, 1.165) is 12.0 Å². The van der Waals surface area contributed by atoms with Gasteiger partial charge in [0.1, 0.15) is 5.60 Å². The molecule has 0 spiro atoms. The summed E-state index contributed by atoms with van der Waals surface area (Å²) in [5, 5.41) is 22.9. The molecule has 4 aliphatic carbocycles. The first kappa shape index (κ1) is 21.4. The zero-order valence-electron chi connectivity index (χ0n) is 18.2. The Bertz CT molecular complexity index is 858. The lowest BCUT2D eigenvalue weighted by atomic mass is 9.45. The summed E-state index contributed by atoms with van der Waals surface area (Å²) < 4.78 is 4.89. The quantitative estimate of drug-likeness (QED) is 0.685. The van der Waals surface area contributed by atoms with Gasteiger partial charge in [-0.1, -0.05) is 32.4 Å². The van der Waals surface area contributed by atoms with Crippen LogP contribution in [-0.2, 0) is 19.1 Å². The SMILES string of the molecule is CC(=O)OCC(=O)[C@@]1(O)CCC2C3C[C@H](C)C4=CC(=O)C=C[C@]4(C)[C@H]3[C@@H](O)C[C@@]21C. The number of esters is 1. The average molecular weight is 417 g/mol. The number of aliphatic hydroxyl groups excluding tert-OH is 1. The van der Waals surface area contributed by atoms with E-state index in [9.17, 15) is 24.6 Å². The monoisotopic (exact) mass is 416 g/mol. The zero-order chi connectivity index (χ0) is 22.1. The fourth-order valence-electron chi connectivity index (χ4n) is 7.50. The smallest absolute Gasteiger partial charge is 0.303 e. The number of hydrogen-bond acceptors (Lipinski definition) is 6. The molecule has 0 saturated heterocycles. The molecule has 6 nitrogen and oxygen atoms in total. The third-order valence-electron chi connectivity index (χ3n) is 8.84. The van der Waals surface area contributed by atoms with Crippen LogP contribution in [0.15, 0.2) is 23.8 Å². The van der Waals surface area contributed by atoms with Crippen LogP contribution in [-0.4, -0.2) is 46.1 Å². The standard InChI is InChI=1S/C24H32O6/c1-13-9-16-17-6-8-24(29,20(28)12-30-14(2)25)23(17,4)11-19(27)21(16)22(3)7-5-15(26)10-18(13)22/h5,7,10,13,16-17,19,21,27,29H,6,8-9,11-12H2,1-4H3/t13-,16?,17?,19-,21+,22-,23-,24-/m0/s1. The number of hydrogen-bond donors (Lipinski definition) is 2. The highest BCUT2D eigenvalue weighted by Gasteiger charge is 2.68. The molecule has 0 aromatic carbocycles. The van der Waals surface area contributed by atoms with Gasteiger partial charge in [-0.2, -0.15) is 0 Å². The van der Waals surface area contributed by atoms with Crippen LogP contribution >= 0.6 is 0 Å². The predicted molar refractivity (Wildman–Crippen MR) is 109 cm³/mol. The highest BCUT2D eigenvalue weighted by molar-refractivity contribution is 6.01. The molecule has 6 heteroatoms. The number of carbonyl (C=O) groups excluding carboxylic acids is 3. The molecule has 3 fully saturated rings. The van der Waals surface area contributed by atoms with Crippen LogP contribution in [0.1, 0.15) is 53.4 Å². The van der Waals surface area contributed by atoms with Gasteiger partial charge in [-0.05, 0) is 55.6 Å². The van der Waals surface area contributed by atoms with E-state index < -0.39 is 40.9 Å². The Balaban J connectivity index is 1.70. The Kier molecular flexibility index (Phi) is 4.90. The molecule has 30 heavy (non-hydrogen) atoms. The summed E-state index contributed by atoms with van der Waals surface area (Å²) in [5.74, 6) is -0.712. The van der Waals surface area contributed by atoms with E-state index in [1.807, 2.05) is 13.0 Å². The molecular weight excluding hydrogens is 384 g/mol. The summed E-state index contributed by atoms with van der Waals surface area (Å²) >= 11 is 0. The van der Waals surface area contributed by atoms with E-state index in [1.165, 1.54) is 6.92 Å². The molecule has 2 N–H and O–H groups in total. The second-order valence-electron chi connectivity index (χ2n) is 10.3. The molecule has 0 aromatic rings. The minimum Gasteiger partial charge on any atom is -0.458 e. The van der Waals surface area contributed by atoms with Crippen molar-refractivity contribution in [1.82, 2.24) is 0 Å².